The van der Waals surface area contributed by atoms with Gasteiger partial charge in [0.2, 0.25) is 10.0 Å². The van der Waals surface area contributed by atoms with E-state index in [1.54, 1.807) is 32.3 Å². The van der Waals surface area contributed by atoms with E-state index in [4.69, 9.17) is 10.3 Å². The summed E-state index contributed by atoms with van der Waals surface area (Å²) in [6.07, 6.45) is 5.18. The van der Waals surface area contributed by atoms with Crippen LogP contribution in [-0.4, -0.2) is 40.9 Å². The largest absolute Gasteiger partial charge is 0.384 e. The number of nitrogens with two attached hydrogens (primary N) is 1. The van der Waals surface area contributed by atoms with E-state index in [0.29, 0.717) is 30.4 Å². The van der Waals surface area contributed by atoms with Crippen LogP contribution in [0.5, 0.6) is 0 Å². The zero-order chi connectivity index (χ0) is 20.6. The highest BCUT2D eigenvalue weighted by Gasteiger charge is 2.35. The summed E-state index contributed by atoms with van der Waals surface area (Å²) in [5.41, 5.74) is 8.79. The van der Waals surface area contributed by atoms with Crippen LogP contribution in [0.2, 0.25) is 0 Å². The molecule has 0 amide bonds. The Hall–Kier alpha value is -2.78. The first-order valence-electron chi connectivity index (χ1n) is 9.47. The van der Waals surface area contributed by atoms with Gasteiger partial charge in [0.15, 0.2) is 5.76 Å². The van der Waals surface area contributed by atoms with Crippen LogP contribution in [-0.2, 0) is 10.0 Å². The Morgan fingerprint density at radius 2 is 1.83 bits per heavy atom. The molecule has 3 aromatic rings. The van der Waals surface area contributed by atoms with Crippen LogP contribution in [0, 0.1) is 13.8 Å². The fraction of sp³-hybridized carbons (Fsp3) is 0.350. The second-order valence-electron chi connectivity index (χ2n) is 7.30. The maximum atomic E-state index is 13.1. The molecule has 0 aliphatic carbocycles. The fourth-order valence-corrected chi connectivity index (χ4v) is 5.58. The molecule has 0 aromatic carbocycles. The molecule has 1 aliphatic heterocycles. The van der Waals surface area contributed by atoms with Crippen LogP contribution in [0.4, 0.5) is 5.82 Å². The number of nitrogens with zero attached hydrogens (tertiary/aromatic N) is 4. The van der Waals surface area contributed by atoms with Crippen molar-refractivity contribution in [1.29, 1.82) is 0 Å². The number of sulfonamides is 1. The fourth-order valence-electron chi connectivity index (χ4n) is 3.77. The lowest BCUT2D eigenvalue weighted by atomic mass is 9.95. The molecule has 4 rings (SSSR count). The van der Waals surface area contributed by atoms with E-state index in [2.05, 4.69) is 15.1 Å². The monoisotopic (exact) mass is 413 g/mol. The van der Waals surface area contributed by atoms with Crippen LogP contribution in [0.15, 0.2) is 46.1 Å². The van der Waals surface area contributed by atoms with Gasteiger partial charge >= 0.3 is 0 Å². The van der Waals surface area contributed by atoms with Gasteiger partial charge in [-0.3, -0.25) is 4.98 Å². The average Bonchev–Trinajstić information content (AvgIpc) is 3.08. The van der Waals surface area contributed by atoms with Crippen LogP contribution < -0.4 is 5.73 Å². The highest BCUT2D eigenvalue weighted by molar-refractivity contribution is 7.89. The first-order valence-corrected chi connectivity index (χ1v) is 10.9. The van der Waals surface area contributed by atoms with Gasteiger partial charge in [-0.05, 0) is 44.9 Å². The minimum atomic E-state index is -3.65. The summed E-state index contributed by atoms with van der Waals surface area (Å²) in [7, 11) is -3.65. The topological polar surface area (TPSA) is 115 Å². The lowest BCUT2D eigenvalue weighted by Gasteiger charge is -2.31. The van der Waals surface area contributed by atoms with Crippen LogP contribution in [0.1, 0.15) is 35.9 Å². The van der Waals surface area contributed by atoms with E-state index in [1.807, 2.05) is 18.2 Å². The smallest absolute Gasteiger partial charge is 0.248 e. The third-order valence-corrected chi connectivity index (χ3v) is 7.38. The average molecular weight is 414 g/mol. The molecule has 1 atom stereocenters. The minimum absolute atomic E-state index is 0.0394. The molecular weight excluding hydrogens is 390 g/mol. The molecule has 2 N–H and O–H groups in total. The third kappa shape index (κ3) is 3.75. The van der Waals surface area contributed by atoms with Crippen molar-refractivity contribution in [2.45, 2.75) is 37.5 Å². The van der Waals surface area contributed by atoms with E-state index >= 15 is 0 Å². The van der Waals surface area contributed by atoms with E-state index in [1.165, 1.54) is 4.31 Å². The van der Waals surface area contributed by atoms with Gasteiger partial charge in [0.1, 0.15) is 16.4 Å². The van der Waals surface area contributed by atoms with E-state index < -0.39 is 10.0 Å². The molecule has 4 heterocycles. The summed E-state index contributed by atoms with van der Waals surface area (Å²) in [6, 6.07) is 7.60. The van der Waals surface area contributed by atoms with Crippen molar-refractivity contribution in [3.05, 3.63) is 53.8 Å². The number of pyridine rings is 2. The number of anilines is 1. The lowest BCUT2D eigenvalue weighted by Crippen LogP contribution is -2.39. The van der Waals surface area contributed by atoms with Crippen molar-refractivity contribution in [2.24, 2.45) is 0 Å². The number of nitrogen functional groups attached to an aromatic ring is 1. The van der Waals surface area contributed by atoms with Crippen LogP contribution >= 0.6 is 0 Å². The summed E-state index contributed by atoms with van der Waals surface area (Å²) in [5, 5.41) is 3.79. The maximum Gasteiger partial charge on any atom is 0.248 e. The molecule has 29 heavy (non-hydrogen) atoms. The summed E-state index contributed by atoms with van der Waals surface area (Å²) in [4.78, 5) is 8.89. The second-order valence-corrected chi connectivity index (χ2v) is 9.17. The van der Waals surface area contributed by atoms with Crippen molar-refractivity contribution in [3.63, 3.8) is 0 Å². The Balaban J connectivity index is 1.55. The summed E-state index contributed by atoms with van der Waals surface area (Å²) >= 11 is 0. The minimum Gasteiger partial charge on any atom is -0.384 e. The van der Waals surface area contributed by atoms with E-state index in [0.717, 1.165) is 29.7 Å². The standard InChI is InChI=1S/C20H23N5O3S/c1-13-20(14(2)28-24-13)29(26,27)25-9-3-4-17(12-25)18-7-5-15(10-22-18)16-6-8-19(21)23-11-16/h5-8,10-11,17H,3-4,9,12H2,1-2H3,(H2,21,23). The molecule has 152 valence electrons. The summed E-state index contributed by atoms with van der Waals surface area (Å²) in [5.74, 6) is 0.835. The molecule has 0 radical (unpaired) electrons. The van der Waals surface area contributed by atoms with Gasteiger partial charge in [0, 0.05) is 48.2 Å². The zero-order valence-corrected chi connectivity index (χ0v) is 17.2. The Bertz CT molecular complexity index is 1090. The predicted molar refractivity (Wildman–Crippen MR) is 109 cm³/mol. The maximum absolute atomic E-state index is 13.1. The molecule has 0 bridgehead atoms. The van der Waals surface area contributed by atoms with Crippen molar-refractivity contribution >= 4 is 15.8 Å². The van der Waals surface area contributed by atoms with Gasteiger partial charge in [-0.15, -0.1) is 0 Å². The molecule has 1 aliphatic rings. The van der Waals surface area contributed by atoms with Crippen molar-refractivity contribution in [2.75, 3.05) is 18.8 Å². The highest BCUT2D eigenvalue weighted by atomic mass is 32.2. The number of aryl methyl sites for hydroxylation is 2. The second kappa shape index (κ2) is 7.57. The van der Waals surface area contributed by atoms with Crippen molar-refractivity contribution in [3.8, 4) is 11.1 Å². The zero-order valence-electron chi connectivity index (χ0n) is 16.4. The molecule has 1 unspecified atom stereocenters. The van der Waals surface area contributed by atoms with Gasteiger partial charge in [-0.25, -0.2) is 13.4 Å². The number of piperidine rings is 1. The Labute approximate surface area is 169 Å². The molecule has 3 aromatic heterocycles. The van der Waals surface area contributed by atoms with E-state index in [9.17, 15) is 8.42 Å². The van der Waals surface area contributed by atoms with Gasteiger partial charge in [-0.2, -0.15) is 4.31 Å². The van der Waals surface area contributed by atoms with Gasteiger partial charge in [0.25, 0.3) is 0 Å². The van der Waals surface area contributed by atoms with Gasteiger partial charge in [-0.1, -0.05) is 11.2 Å². The molecule has 0 spiro atoms. The van der Waals surface area contributed by atoms with Crippen molar-refractivity contribution in [1.82, 2.24) is 19.4 Å². The molecule has 1 fully saturated rings. The molecule has 8 nitrogen and oxygen atoms in total. The first-order chi connectivity index (χ1) is 13.9. The first kappa shape index (κ1) is 19.5. The highest BCUT2D eigenvalue weighted by Crippen LogP contribution is 2.32. The van der Waals surface area contributed by atoms with Gasteiger partial charge in [0.05, 0.1) is 0 Å². The van der Waals surface area contributed by atoms with Crippen molar-refractivity contribution < 1.29 is 12.9 Å². The summed E-state index contributed by atoms with van der Waals surface area (Å²) < 4.78 is 32.8. The van der Waals surface area contributed by atoms with Crippen LogP contribution in [0.3, 0.4) is 0 Å². The molecular formula is C20H23N5O3S. The number of rotatable bonds is 4. The predicted octanol–water partition coefficient (Wildman–Crippen LogP) is 2.90. The lowest BCUT2D eigenvalue weighted by molar-refractivity contribution is 0.312. The Morgan fingerprint density at radius 1 is 1.10 bits per heavy atom. The van der Waals surface area contributed by atoms with Crippen LogP contribution in [0.25, 0.3) is 11.1 Å². The quantitative estimate of drug-likeness (QED) is 0.699. The summed E-state index contributed by atoms with van der Waals surface area (Å²) in [6.45, 7) is 4.15. The SMILES string of the molecule is Cc1noc(C)c1S(=O)(=O)N1CCCC(c2ccc(-c3ccc(N)nc3)cn2)C1. The van der Waals surface area contributed by atoms with Gasteiger partial charge < -0.3 is 10.3 Å². The molecule has 1 saturated heterocycles. The third-order valence-electron chi connectivity index (χ3n) is 5.27. The normalized spacial score (nSPS) is 18.1. The molecule has 0 saturated carbocycles. The molecule has 9 heteroatoms. The number of hydrogen-bond donors (Lipinski definition) is 1. The number of aromatic nitrogens is 3. The van der Waals surface area contributed by atoms with E-state index in [-0.39, 0.29) is 10.8 Å². The Kier molecular flexibility index (Phi) is 5.10. The Morgan fingerprint density at radius 3 is 2.41 bits per heavy atom. The number of hydrogen-bond acceptors (Lipinski definition) is 7.